The number of carbonyl (C=O) groups is 1. The zero-order chi connectivity index (χ0) is 14.0. The van der Waals surface area contributed by atoms with Crippen LogP contribution >= 0.6 is 0 Å². The van der Waals surface area contributed by atoms with E-state index >= 15 is 0 Å². The van der Waals surface area contributed by atoms with E-state index in [4.69, 9.17) is 9.47 Å². The van der Waals surface area contributed by atoms with Gasteiger partial charge in [-0.1, -0.05) is 12.1 Å². The van der Waals surface area contributed by atoms with Crippen molar-refractivity contribution in [1.82, 2.24) is 4.90 Å². The molecule has 1 aromatic carbocycles. The van der Waals surface area contributed by atoms with Gasteiger partial charge in [0.25, 0.3) is 0 Å². The summed E-state index contributed by atoms with van der Waals surface area (Å²) < 4.78 is 11.4. The Labute approximate surface area is 119 Å². The first-order valence-corrected chi connectivity index (χ1v) is 7.40. The number of piperidine rings is 1. The Morgan fingerprint density at radius 2 is 2.15 bits per heavy atom. The fourth-order valence-electron chi connectivity index (χ4n) is 3.25. The van der Waals surface area contributed by atoms with Gasteiger partial charge in [0.2, 0.25) is 0 Å². The van der Waals surface area contributed by atoms with Gasteiger partial charge in [-0.15, -0.1) is 0 Å². The minimum atomic E-state index is -0.301. The molecule has 0 saturated carbocycles. The summed E-state index contributed by atoms with van der Waals surface area (Å²) in [5.41, 5.74) is 0.425. The normalized spacial score (nSPS) is 28.1. The van der Waals surface area contributed by atoms with Crippen molar-refractivity contribution >= 4 is 5.97 Å². The molecule has 0 aliphatic carbocycles. The van der Waals surface area contributed by atoms with E-state index in [2.05, 4.69) is 4.90 Å². The Morgan fingerprint density at radius 1 is 1.30 bits per heavy atom. The lowest BCUT2D eigenvalue weighted by Crippen LogP contribution is -2.43. The number of carbonyl (C=O) groups excluding carboxylic acids is 1. The van der Waals surface area contributed by atoms with Crippen molar-refractivity contribution in [3.05, 3.63) is 29.8 Å². The SMILES string of the molecule is CCOC(=O)c1ccccc1O[C@@]12CCCN(CC1)C2. The van der Waals surface area contributed by atoms with Crippen molar-refractivity contribution in [2.75, 3.05) is 26.2 Å². The summed E-state index contributed by atoms with van der Waals surface area (Å²) in [6.07, 6.45) is 3.28. The second kappa shape index (κ2) is 5.44. The number of esters is 1. The molecule has 2 fully saturated rings. The summed E-state index contributed by atoms with van der Waals surface area (Å²) in [6, 6.07) is 7.40. The molecule has 0 N–H and O–H groups in total. The summed E-state index contributed by atoms with van der Waals surface area (Å²) in [4.78, 5) is 14.4. The van der Waals surface area contributed by atoms with Gasteiger partial charge in [0.05, 0.1) is 6.61 Å². The molecule has 0 amide bonds. The van der Waals surface area contributed by atoms with Gasteiger partial charge < -0.3 is 9.47 Å². The van der Waals surface area contributed by atoms with E-state index in [-0.39, 0.29) is 11.6 Å². The predicted octanol–water partition coefficient (Wildman–Crippen LogP) is 2.48. The van der Waals surface area contributed by atoms with E-state index in [0.717, 1.165) is 25.9 Å². The number of fused-ring (bicyclic) bond motifs is 2. The minimum absolute atomic E-state index is 0.110. The molecule has 2 atom stereocenters. The number of hydrogen-bond acceptors (Lipinski definition) is 4. The first-order chi connectivity index (χ1) is 9.72. The highest BCUT2D eigenvalue weighted by Gasteiger charge is 2.43. The highest BCUT2D eigenvalue weighted by atomic mass is 16.5. The molecule has 4 nitrogen and oxygen atoms in total. The lowest BCUT2D eigenvalue weighted by molar-refractivity contribution is 0.0391. The van der Waals surface area contributed by atoms with Crippen molar-refractivity contribution in [2.45, 2.75) is 31.8 Å². The Kier molecular flexibility index (Phi) is 3.66. The standard InChI is InChI=1S/C16H21NO3/c1-2-19-15(18)13-6-3-4-7-14(13)20-16-8-5-10-17(12-16)11-9-16/h3-4,6-7H,2,5,8-12H2,1H3/t16-/m0/s1. The maximum Gasteiger partial charge on any atom is 0.341 e. The van der Waals surface area contributed by atoms with Crippen LogP contribution in [-0.4, -0.2) is 42.7 Å². The smallest absolute Gasteiger partial charge is 0.341 e. The number of rotatable bonds is 4. The maximum absolute atomic E-state index is 12.0. The van der Waals surface area contributed by atoms with Gasteiger partial charge in [-0.25, -0.2) is 4.79 Å². The summed E-state index contributed by atoms with van der Waals surface area (Å²) in [6.45, 7) is 5.44. The molecule has 2 aliphatic rings. The van der Waals surface area contributed by atoms with Gasteiger partial charge in [-0.3, -0.25) is 4.90 Å². The quantitative estimate of drug-likeness (QED) is 0.791. The molecule has 108 valence electrons. The van der Waals surface area contributed by atoms with Gasteiger partial charge >= 0.3 is 5.97 Å². The van der Waals surface area contributed by atoms with Gasteiger partial charge in [0.1, 0.15) is 16.9 Å². The van der Waals surface area contributed by atoms with Crippen LogP contribution in [0.25, 0.3) is 0 Å². The molecule has 4 heteroatoms. The van der Waals surface area contributed by atoms with Crippen LogP contribution in [0.4, 0.5) is 0 Å². The Balaban J connectivity index is 1.82. The average Bonchev–Trinajstić information content (AvgIpc) is 2.74. The summed E-state index contributed by atoms with van der Waals surface area (Å²) in [7, 11) is 0. The molecule has 2 aliphatic heterocycles. The third-order valence-electron chi connectivity index (χ3n) is 4.21. The fraction of sp³-hybridized carbons (Fsp3) is 0.562. The zero-order valence-corrected chi connectivity index (χ0v) is 11.9. The molecule has 20 heavy (non-hydrogen) atoms. The molecule has 2 bridgehead atoms. The molecular formula is C16H21NO3. The van der Waals surface area contributed by atoms with Crippen molar-refractivity contribution in [2.24, 2.45) is 0 Å². The van der Waals surface area contributed by atoms with Crippen molar-refractivity contribution in [3.8, 4) is 5.75 Å². The summed E-state index contributed by atoms with van der Waals surface area (Å²) >= 11 is 0. The number of para-hydroxylation sites is 1. The van der Waals surface area contributed by atoms with E-state index < -0.39 is 0 Å². The molecule has 3 rings (SSSR count). The Bertz CT molecular complexity index is 498. The second-order valence-corrected chi connectivity index (χ2v) is 5.63. The van der Waals surface area contributed by atoms with Crippen molar-refractivity contribution < 1.29 is 14.3 Å². The van der Waals surface area contributed by atoms with E-state index in [1.807, 2.05) is 25.1 Å². The van der Waals surface area contributed by atoms with Crippen LogP contribution in [0.3, 0.4) is 0 Å². The molecule has 0 radical (unpaired) electrons. The lowest BCUT2D eigenvalue weighted by atomic mass is 9.94. The van der Waals surface area contributed by atoms with Crippen LogP contribution in [0.1, 0.15) is 36.5 Å². The van der Waals surface area contributed by atoms with E-state index in [0.29, 0.717) is 17.9 Å². The van der Waals surface area contributed by atoms with Gasteiger partial charge in [-0.2, -0.15) is 0 Å². The zero-order valence-electron chi connectivity index (χ0n) is 11.9. The topological polar surface area (TPSA) is 38.8 Å². The Morgan fingerprint density at radius 3 is 3.00 bits per heavy atom. The molecule has 0 spiro atoms. The molecule has 1 unspecified atom stereocenters. The van der Waals surface area contributed by atoms with Crippen molar-refractivity contribution in [1.29, 1.82) is 0 Å². The maximum atomic E-state index is 12.0. The van der Waals surface area contributed by atoms with E-state index in [1.165, 1.54) is 13.0 Å². The average molecular weight is 275 g/mol. The molecule has 0 aromatic heterocycles. The monoisotopic (exact) mass is 275 g/mol. The summed E-state index contributed by atoms with van der Waals surface area (Å²) in [5, 5.41) is 0. The van der Waals surface area contributed by atoms with Crippen LogP contribution in [0.2, 0.25) is 0 Å². The molecule has 2 saturated heterocycles. The first-order valence-electron chi connectivity index (χ1n) is 7.40. The van der Waals surface area contributed by atoms with Crippen LogP contribution in [0.15, 0.2) is 24.3 Å². The van der Waals surface area contributed by atoms with Crippen LogP contribution in [0, 0.1) is 0 Å². The Hall–Kier alpha value is -1.55. The molecule has 1 aromatic rings. The fourth-order valence-corrected chi connectivity index (χ4v) is 3.25. The highest BCUT2D eigenvalue weighted by molar-refractivity contribution is 5.92. The molecular weight excluding hydrogens is 254 g/mol. The van der Waals surface area contributed by atoms with E-state index in [1.54, 1.807) is 6.07 Å². The van der Waals surface area contributed by atoms with E-state index in [9.17, 15) is 4.79 Å². The van der Waals surface area contributed by atoms with Crippen LogP contribution in [-0.2, 0) is 4.74 Å². The largest absolute Gasteiger partial charge is 0.485 e. The van der Waals surface area contributed by atoms with Crippen LogP contribution in [0.5, 0.6) is 5.75 Å². The third-order valence-corrected chi connectivity index (χ3v) is 4.21. The second-order valence-electron chi connectivity index (χ2n) is 5.63. The third kappa shape index (κ3) is 2.52. The predicted molar refractivity (Wildman–Crippen MR) is 76.0 cm³/mol. The first kappa shape index (κ1) is 13.4. The number of benzene rings is 1. The van der Waals surface area contributed by atoms with Crippen LogP contribution < -0.4 is 4.74 Å². The number of ether oxygens (including phenoxy) is 2. The van der Waals surface area contributed by atoms with Gasteiger partial charge in [-0.05, 0) is 38.4 Å². The number of nitrogens with zero attached hydrogens (tertiary/aromatic N) is 1. The molecule has 2 heterocycles. The lowest BCUT2D eigenvalue weighted by Gasteiger charge is -2.35. The van der Waals surface area contributed by atoms with Gasteiger partial charge in [0.15, 0.2) is 0 Å². The minimum Gasteiger partial charge on any atom is -0.485 e. The van der Waals surface area contributed by atoms with Crippen molar-refractivity contribution in [3.63, 3.8) is 0 Å². The summed E-state index contributed by atoms with van der Waals surface area (Å²) in [5.74, 6) is 0.361. The van der Waals surface area contributed by atoms with Gasteiger partial charge in [0, 0.05) is 19.5 Å². The number of hydrogen-bond donors (Lipinski definition) is 0. The highest BCUT2D eigenvalue weighted by Crippen LogP contribution is 2.36.